The van der Waals surface area contributed by atoms with Crippen LogP contribution in [0.3, 0.4) is 0 Å². The van der Waals surface area contributed by atoms with E-state index in [0.29, 0.717) is 23.0 Å². The summed E-state index contributed by atoms with van der Waals surface area (Å²) in [7, 11) is 1.54. The Kier molecular flexibility index (Phi) is 4.97. The van der Waals surface area contributed by atoms with Gasteiger partial charge >= 0.3 is 11.6 Å². The molecule has 0 saturated carbocycles. The van der Waals surface area contributed by atoms with Gasteiger partial charge in [-0.05, 0) is 42.0 Å². The van der Waals surface area contributed by atoms with Gasteiger partial charge in [-0.1, -0.05) is 6.07 Å². The molecule has 0 saturated heterocycles. The second-order valence-electron chi connectivity index (χ2n) is 5.95. The minimum atomic E-state index is -0.583. The largest absolute Gasteiger partial charge is 0.497 e. The fourth-order valence-corrected chi connectivity index (χ4v) is 2.72. The fraction of sp³-hybridized carbons (Fsp3) is 0.158. The summed E-state index contributed by atoms with van der Waals surface area (Å²) >= 11 is 0. The van der Waals surface area contributed by atoms with Gasteiger partial charge < -0.3 is 24.3 Å². The second-order valence-corrected chi connectivity index (χ2v) is 5.95. The van der Waals surface area contributed by atoms with Crippen LogP contribution in [0.1, 0.15) is 5.56 Å². The molecule has 0 unspecified atom stereocenters. The highest BCUT2D eigenvalue weighted by Gasteiger charge is 2.25. The molecule has 0 radical (unpaired) electrons. The van der Waals surface area contributed by atoms with Crippen LogP contribution in [0.25, 0.3) is 0 Å². The Balaban J connectivity index is 1.55. The number of methoxy groups -OCH3 is 1. The van der Waals surface area contributed by atoms with Crippen molar-refractivity contribution in [2.75, 3.05) is 19.2 Å². The standard InChI is InChI=1S/C19H16N4O6/c1-26-13-3-5-14(6-4-13)29-19-17(23(24)25)18(21-10-22-19)20-9-12-2-7-15-16(8-12)28-11-27-15/h2-8,10H,9,11H2,1H3,(H,20,21,22). The lowest BCUT2D eigenvalue weighted by molar-refractivity contribution is -0.385. The van der Waals surface area contributed by atoms with Crippen molar-refractivity contribution in [2.24, 2.45) is 0 Å². The predicted molar refractivity (Wildman–Crippen MR) is 102 cm³/mol. The van der Waals surface area contributed by atoms with Gasteiger partial charge in [0.05, 0.1) is 12.0 Å². The number of ether oxygens (including phenoxy) is 4. The number of rotatable bonds is 7. The molecular formula is C19H16N4O6. The first-order valence-electron chi connectivity index (χ1n) is 8.58. The van der Waals surface area contributed by atoms with Crippen LogP contribution in [0.2, 0.25) is 0 Å². The molecule has 0 aliphatic carbocycles. The maximum absolute atomic E-state index is 11.6. The summed E-state index contributed by atoms with van der Waals surface area (Å²) < 4.78 is 21.3. The Hall–Kier alpha value is -4.08. The maximum atomic E-state index is 11.6. The Morgan fingerprint density at radius 2 is 1.86 bits per heavy atom. The smallest absolute Gasteiger partial charge is 0.373 e. The SMILES string of the molecule is COc1ccc(Oc2ncnc(NCc3ccc4c(c3)OCO4)c2[N+](=O)[O-])cc1. The molecule has 0 bridgehead atoms. The molecule has 1 aliphatic rings. The molecule has 4 rings (SSSR count). The number of anilines is 1. The molecule has 10 nitrogen and oxygen atoms in total. The molecule has 1 N–H and O–H groups in total. The highest BCUT2D eigenvalue weighted by molar-refractivity contribution is 5.62. The van der Waals surface area contributed by atoms with Crippen molar-refractivity contribution < 1.29 is 23.9 Å². The number of aromatic nitrogens is 2. The van der Waals surface area contributed by atoms with Gasteiger partial charge in [0.15, 0.2) is 11.5 Å². The minimum Gasteiger partial charge on any atom is -0.497 e. The van der Waals surface area contributed by atoms with Crippen molar-refractivity contribution in [3.8, 4) is 28.9 Å². The summed E-state index contributed by atoms with van der Waals surface area (Å²) in [5.74, 6) is 2.20. The highest BCUT2D eigenvalue weighted by Crippen LogP contribution is 2.36. The zero-order valence-electron chi connectivity index (χ0n) is 15.3. The summed E-state index contributed by atoms with van der Waals surface area (Å²) in [6, 6.07) is 12.0. The zero-order chi connectivity index (χ0) is 20.2. The Morgan fingerprint density at radius 1 is 1.10 bits per heavy atom. The summed E-state index contributed by atoms with van der Waals surface area (Å²) in [4.78, 5) is 19.0. The average Bonchev–Trinajstić information content (AvgIpc) is 3.20. The van der Waals surface area contributed by atoms with Gasteiger partial charge in [0.2, 0.25) is 12.6 Å². The fourth-order valence-electron chi connectivity index (χ4n) is 2.72. The van der Waals surface area contributed by atoms with Crippen molar-refractivity contribution in [3.05, 3.63) is 64.5 Å². The van der Waals surface area contributed by atoms with Gasteiger partial charge in [0, 0.05) is 6.54 Å². The topological polar surface area (TPSA) is 118 Å². The lowest BCUT2D eigenvalue weighted by Crippen LogP contribution is -2.07. The molecular weight excluding hydrogens is 380 g/mol. The van der Waals surface area contributed by atoms with Crippen LogP contribution in [-0.2, 0) is 6.54 Å². The first-order valence-corrected chi connectivity index (χ1v) is 8.58. The van der Waals surface area contributed by atoms with Crippen LogP contribution < -0.4 is 24.3 Å². The van der Waals surface area contributed by atoms with Crippen LogP contribution >= 0.6 is 0 Å². The lowest BCUT2D eigenvalue weighted by atomic mass is 10.2. The normalized spacial score (nSPS) is 11.8. The first kappa shape index (κ1) is 18.3. The van der Waals surface area contributed by atoms with E-state index in [-0.39, 0.29) is 30.7 Å². The van der Waals surface area contributed by atoms with E-state index in [1.165, 1.54) is 6.33 Å². The summed E-state index contributed by atoms with van der Waals surface area (Å²) in [5, 5.41) is 14.6. The van der Waals surface area contributed by atoms with Crippen LogP contribution in [-0.4, -0.2) is 28.8 Å². The van der Waals surface area contributed by atoms with Crippen LogP contribution in [0.5, 0.6) is 28.9 Å². The molecule has 3 aromatic rings. The Bertz CT molecular complexity index is 1040. The summed E-state index contributed by atoms with van der Waals surface area (Å²) in [6.45, 7) is 0.464. The van der Waals surface area contributed by atoms with Gasteiger partial charge in [-0.3, -0.25) is 10.1 Å². The van der Waals surface area contributed by atoms with Crippen molar-refractivity contribution >= 4 is 11.5 Å². The molecule has 0 atom stereocenters. The molecule has 1 aromatic heterocycles. The Morgan fingerprint density at radius 3 is 2.62 bits per heavy atom. The van der Waals surface area contributed by atoms with E-state index >= 15 is 0 Å². The van der Waals surface area contributed by atoms with E-state index in [0.717, 1.165) is 5.56 Å². The monoisotopic (exact) mass is 396 g/mol. The van der Waals surface area contributed by atoms with Crippen molar-refractivity contribution in [3.63, 3.8) is 0 Å². The summed E-state index contributed by atoms with van der Waals surface area (Å²) in [5.41, 5.74) is 0.490. The van der Waals surface area contributed by atoms with Crippen molar-refractivity contribution in [1.82, 2.24) is 9.97 Å². The number of hydrogen-bond acceptors (Lipinski definition) is 9. The number of hydrogen-bond donors (Lipinski definition) is 1. The third-order valence-electron chi connectivity index (χ3n) is 4.14. The second kappa shape index (κ2) is 7.89. The molecule has 10 heteroatoms. The number of nitrogens with one attached hydrogen (secondary N) is 1. The van der Waals surface area contributed by atoms with Crippen LogP contribution in [0.4, 0.5) is 11.5 Å². The quantitative estimate of drug-likeness (QED) is 0.472. The van der Waals surface area contributed by atoms with Gasteiger partial charge in [0.1, 0.15) is 17.8 Å². The highest BCUT2D eigenvalue weighted by atomic mass is 16.7. The van der Waals surface area contributed by atoms with Crippen molar-refractivity contribution in [2.45, 2.75) is 6.54 Å². The van der Waals surface area contributed by atoms with E-state index in [1.807, 2.05) is 6.07 Å². The van der Waals surface area contributed by atoms with E-state index in [9.17, 15) is 10.1 Å². The summed E-state index contributed by atoms with van der Waals surface area (Å²) in [6.07, 6.45) is 1.20. The van der Waals surface area contributed by atoms with Gasteiger partial charge in [-0.15, -0.1) is 0 Å². The lowest BCUT2D eigenvalue weighted by Gasteiger charge is -2.10. The number of nitro groups is 1. The molecule has 2 aromatic carbocycles. The minimum absolute atomic E-state index is 0.0474. The van der Waals surface area contributed by atoms with E-state index in [1.54, 1.807) is 43.5 Å². The van der Waals surface area contributed by atoms with Gasteiger partial charge in [0.25, 0.3) is 0 Å². The maximum Gasteiger partial charge on any atom is 0.373 e. The number of fused-ring (bicyclic) bond motifs is 1. The van der Waals surface area contributed by atoms with Crippen molar-refractivity contribution in [1.29, 1.82) is 0 Å². The molecule has 0 fully saturated rings. The zero-order valence-corrected chi connectivity index (χ0v) is 15.3. The average molecular weight is 396 g/mol. The first-order chi connectivity index (χ1) is 14.1. The molecule has 29 heavy (non-hydrogen) atoms. The van der Waals surface area contributed by atoms with E-state index < -0.39 is 4.92 Å². The molecule has 1 aliphatic heterocycles. The van der Waals surface area contributed by atoms with Crippen LogP contribution in [0, 0.1) is 10.1 Å². The third-order valence-corrected chi connectivity index (χ3v) is 4.14. The number of benzene rings is 2. The van der Waals surface area contributed by atoms with Gasteiger partial charge in [-0.2, -0.15) is 4.98 Å². The predicted octanol–water partition coefficient (Wildman–Crippen LogP) is 3.53. The third kappa shape index (κ3) is 3.95. The Labute approximate surface area is 165 Å². The van der Waals surface area contributed by atoms with E-state index in [2.05, 4.69) is 15.3 Å². The van der Waals surface area contributed by atoms with E-state index in [4.69, 9.17) is 18.9 Å². The van der Waals surface area contributed by atoms with Gasteiger partial charge in [-0.25, -0.2) is 4.98 Å². The molecule has 0 amide bonds. The molecule has 2 heterocycles. The number of nitrogens with zero attached hydrogens (tertiary/aromatic N) is 3. The molecule has 0 spiro atoms. The molecule has 148 valence electrons. The van der Waals surface area contributed by atoms with Crippen LogP contribution in [0.15, 0.2) is 48.8 Å².